The van der Waals surface area contributed by atoms with Crippen LogP contribution in [0.5, 0.6) is 5.88 Å². The van der Waals surface area contributed by atoms with E-state index < -0.39 is 0 Å². The van der Waals surface area contributed by atoms with Crippen molar-refractivity contribution in [3.8, 4) is 17.0 Å². The summed E-state index contributed by atoms with van der Waals surface area (Å²) in [6.07, 6.45) is 12.1. The predicted octanol–water partition coefficient (Wildman–Crippen LogP) is 5.15. The number of carbonyl (C=O) groups excluding carboxylic acids is 2. The molecule has 2 saturated carbocycles. The zero-order valence-corrected chi connectivity index (χ0v) is 20.2. The van der Waals surface area contributed by atoms with Crippen molar-refractivity contribution in [1.29, 1.82) is 0 Å². The quantitative estimate of drug-likeness (QED) is 0.558. The Morgan fingerprint density at radius 3 is 2.74 bits per heavy atom. The minimum atomic E-state index is -0.332. The number of halogens is 1. The minimum Gasteiger partial charge on any atom is -0.406 e. The first kappa shape index (κ1) is 23.3. The van der Waals surface area contributed by atoms with Crippen LogP contribution in [0, 0.1) is 11.3 Å². The van der Waals surface area contributed by atoms with Gasteiger partial charge in [0, 0.05) is 18.3 Å². The molecule has 1 atom stereocenters. The van der Waals surface area contributed by atoms with Crippen LogP contribution in [0.3, 0.4) is 0 Å². The van der Waals surface area contributed by atoms with Gasteiger partial charge in [-0.25, -0.2) is 9.78 Å². The zero-order chi connectivity index (χ0) is 23.5. The standard InChI is InChI=1S/C27H32ClN3O3/c28-22-10-9-19(20-7-3-14-30-25(20)34-26(33)23-8-4-13-29-23)15-21(22)24(32)31-17-27-11-1-5-18(16-27)6-2-12-27/h3,7,9-10,14-15,18,23,29H,1-2,4-6,8,11-13,16-17H2,(H,31,32)/t18?,23-,27?/m0/s1. The van der Waals surface area contributed by atoms with E-state index in [-0.39, 0.29) is 29.2 Å². The molecule has 34 heavy (non-hydrogen) atoms. The number of fused-ring (bicyclic) bond motifs is 2. The predicted molar refractivity (Wildman–Crippen MR) is 132 cm³/mol. The molecule has 2 N–H and O–H groups in total. The van der Waals surface area contributed by atoms with E-state index in [0.717, 1.165) is 30.9 Å². The Kier molecular flexibility index (Phi) is 6.89. The number of nitrogens with zero attached hydrogens (tertiary/aromatic N) is 1. The number of esters is 1. The molecule has 180 valence electrons. The molecule has 2 aromatic rings. The van der Waals surface area contributed by atoms with Gasteiger partial charge >= 0.3 is 5.97 Å². The molecule has 1 saturated heterocycles. The fourth-order valence-electron chi connectivity index (χ4n) is 6.04. The summed E-state index contributed by atoms with van der Waals surface area (Å²) in [5.74, 6) is 0.565. The number of hydrogen-bond donors (Lipinski definition) is 2. The van der Waals surface area contributed by atoms with E-state index in [1.165, 1.54) is 44.9 Å². The summed E-state index contributed by atoms with van der Waals surface area (Å²) in [5, 5.41) is 6.74. The van der Waals surface area contributed by atoms with Crippen LogP contribution in [0.25, 0.3) is 11.1 Å². The van der Waals surface area contributed by atoms with Gasteiger partial charge in [0.2, 0.25) is 5.88 Å². The van der Waals surface area contributed by atoms with Crippen molar-refractivity contribution in [3.05, 3.63) is 47.1 Å². The molecule has 3 fully saturated rings. The highest BCUT2D eigenvalue weighted by molar-refractivity contribution is 6.34. The molecule has 2 heterocycles. The Morgan fingerprint density at radius 2 is 1.97 bits per heavy atom. The number of pyridine rings is 1. The Labute approximate surface area is 205 Å². The lowest BCUT2D eigenvalue weighted by atomic mass is 9.62. The van der Waals surface area contributed by atoms with Gasteiger partial charge in [0.05, 0.1) is 10.6 Å². The third-order valence-electron chi connectivity index (χ3n) is 7.82. The maximum atomic E-state index is 13.2. The third kappa shape index (κ3) is 4.98. The third-order valence-corrected chi connectivity index (χ3v) is 8.15. The molecule has 1 aliphatic heterocycles. The van der Waals surface area contributed by atoms with Crippen molar-refractivity contribution in [1.82, 2.24) is 15.6 Å². The lowest BCUT2D eigenvalue weighted by Crippen LogP contribution is -2.43. The van der Waals surface area contributed by atoms with Gasteiger partial charge in [-0.2, -0.15) is 0 Å². The lowest BCUT2D eigenvalue weighted by Gasteiger charge is -2.45. The second-order valence-electron chi connectivity index (χ2n) is 10.2. The molecule has 6 nitrogen and oxygen atoms in total. The summed E-state index contributed by atoms with van der Waals surface area (Å²) in [6.45, 7) is 1.51. The summed E-state index contributed by atoms with van der Waals surface area (Å²) in [6, 6.07) is 8.63. The SMILES string of the molecule is O=C(NCC12CCCC(CCC1)C2)c1cc(-c2cccnc2OC(=O)[C@@H]2CCCN2)ccc1Cl. The zero-order valence-electron chi connectivity index (χ0n) is 19.4. The number of nitrogens with one attached hydrogen (secondary N) is 2. The molecule has 0 unspecified atom stereocenters. The maximum absolute atomic E-state index is 13.2. The van der Waals surface area contributed by atoms with E-state index >= 15 is 0 Å². The number of amides is 1. The van der Waals surface area contributed by atoms with Gasteiger partial charge in [0.15, 0.2) is 0 Å². The Balaban J connectivity index is 1.33. The van der Waals surface area contributed by atoms with Gasteiger partial charge in [-0.3, -0.25) is 4.79 Å². The van der Waals surface area contributed by atoms with Crippen LogP contribution in [0.15, 0.2) is 36.5 Å². The minimum absolute atomic E-state index is 0.161. The first-order valence-electron chi connectivity index (χ1n) is 12.5. The Morgan fingerprint density at radius 1 is 1.15 bits per heavy atom. The number of benzene rings is 1. The molecular weight excluding hydrogens is 450 g/mol. The van der Waals surface area contributed by atoms with Crippen LogP contribution in [-0.2, 0) is 4.79 Å². The Hall–Kier alpha value is -2.44. The van der Waals surface area contributed by atoms with Crippen LogP contribution in [0.4, 0.5) is 0 Å². The van der Waals surface area contributed by atoms with Crippen LogP contribution in [0.2, 0.25) is 5.02 Å². The smallest absolute Gasteiger partial charge is 0.329 e. The van der Waals surface area contributed by atoms with E-state index in [4.69, 9.17) is 16.3 Å². The molecule has 1 amide bonds. The van der Waals surface area contributed by atoms with Crippen LogP contribution in [0.1, 0.15) is 68.1 Å². The van der Waals surface area contributed by atoms with Gasteiger partial charge in [-0.1, -0.05) is 43.4 Å². The van der Waals surface area contributed by atoms with Crippen molar-refractivity contribution in [2.75, 3.05) is 13.1 Å². The molecule has 1 aromatic heterocycles. The topological polar surface area (TPSA) is 80.3 Å². The summed E-state index contributed by atoms with van der Waals surface area (Å²) >= 11 is 6.44. The van der Waals surface area contributed by atoms with Crippen molar-refractivity contribution >= 4 is 23.5 Å². The molecule has 7 heteroatoms. The number of ether oxygens (including phenoxy) is 1. The summed E-state index contributed by atoms with van der Waals surface area (Å²) in [4.78, 5) is 30.0. The molecule has 5 rings (SSSR count). The number of aromatic nitrogens is 1. The van der Waals surface area contributed by atoms with Crippen LogP contribution >= 0.6 is 11.6 Å². The van der Waals surface area contributed by atoms with Crippen molar-refractivity contribution in [3.63, 3.8) is 0 Å². The van der Waals surface area contributed by atoms with E-state index in [9.17, 15) is 9.59 Å². The van der Waals surface area contributed by atoms with Crippen molar-refractivity contribution in [2.45, 2.75) is 63.8 Å². The fraction of sp³-hybridized carbons (Fsp3) is 0.519. The molecule has 0 radical (unpaired) electrons. The Bertz CT molecular complexity index is 1060. The fourth-order valence-corrected chi connectivity index (χ4v) is 6.25. The molecule has 0 spiro atoms. The van der Waals surface area contributed by atoms with E-state index in [2.05, 4.69) is 15.6 Å². The van der Waals surface area contributed by atoms with Gasteiger partial charge in [-0.05, 0) is 79.8 Å². The second kappa shape index (κ2) is 10.0. The normalized spacial score (nSPS) is 26.1. The second-order valence-corrected chi connectivity index (χ2v) is 10.6. The summed E-state index contributed by atoms with van der Waals surface area (Å²) in [5.41, 5.74) is 2.05. The van der Waals surface area contributed by atoms with E-state index in [1.807, 2.05) is 12.1 Å². The average molecular weight is 482 g/mol. The maximum Gasteiger partial charge on any atom is 0.329 e. The molecule has 3 aliphatic rings. The highest BCUT2D eigenvalue weighted by atomic mass is 35.5. The monoisotopic (exact) mass is 481 g/mol. The first-order valence-corrected chi connectivity index (χ1v) is 12.9. The molecular formula is C27H32ClN3O3. The number of carbonyl (C=O) groups is 2. The highest BCUT2D eigenvalue weighted by Crippen LogP contribution is 2.48. The van der Waals surface area contributed by atoms with Gasteiger partial charge in [-0.15, -0.1) is 0 Å². The van der Waals surface area contributed by atoms with Crippen LogP contribution in [-0.4, -0.2) is 36.0 Å². The number of hydrogen-bond acceptors (Lipinski definition) is 5. The first-order chi connectivity index (χ1) is 16.5. The summed E-state index contributed by atoms with van der Waals surface area (Å²) < 4.78 is 5.64. The van der Waals surface area contributed by atoms with E-state index in [0.29, 0.717) is 22.7 Å². The summed E-state index contributed by atoms with van der Waals surface area (Å²) in [7, 11) is 0. The van der Waals surface area contributed by atoms with Gasteiger partial charge < -0.3 is 15.4 Å². The average Bonchev–Trinajstić information content (AvgIpc) is 3.39. The number of rotatable bonds is 6. The van der Waals surface area contributed by atoms with Gasteiger partial charge in [0.1, 0.15) is 6.04 Å². The van der Waals surface area contributed by atoms with Crippen LogP contribution < -0.4 is 15.4 Å². The highest BCUT2D eigenvalue weighted by Gasteiger charge is 2.39. The lowest BCUT2D eigenvalue weighted by molar-refractivity contribution is -0.136. The van der Waals surface area contributed by atoms with Crippen molar-refractivity contribution < 1.29 is 14.3 Å². The molecule has 2 aliphatic carbocycles. The van der Waals surface area contributed by atoms with E-state index in [1.54, 1.807) is 24.4 Å². The largest absolute Gasteiger partial charge is 0.406 e. The molecule has 2 bridgehead atoms. The van der Waals surface area contributed by atoms with Crippen molar-refractivity contribution in [2.24, 2.45) is 11.3 Å². The van der Waals surface area contributed by atoms with Gasteiger partial charge in [0.25, 0.3) is 5.91 Å². The molecule has 1 aromatic carbocycles.